The average molecular weight is 329 g/mol. The number of urea groups is 1. The van der Waals surface area contributed by atoms with Crippen LogP contribution in [0, 0.1) is 5.92 Å². The Morgan fingerprint density at radius 1 is 1.43 bits per heavy atom. The number of amides is 3. The van der Waals surface area contributed by atoms with Crippen LogP contribution in [-0.4, -0.2) is 73.5 Å². The minimum absolute atomic E-state index is 0.0743. The number of carbonyl (C=O) groups excluding carboxylic acids is 2. The molecule has 1 heterocycles. The first-order chi connectivity index (χ1) is 10.6. The second-order valence-corrected chi connectivity index (χ2v) is 7.28. The van der Waals surface area contributed by atoms with Crippen LogP contribution < -0.4 is 5.32 Å². The Morgan fingerprint density at radius 3 is 2.65 bits per heavy atom. The Hall–Kier alpha value is -1.50. The number of rotatable bonds is 4. The minimum Gasteiger partial charge on any atom is -0.444 e. The van der Waals surface area contributed by atoms with Crippen LogP contribution in [0.5, 0.6) is 0 Å². The molecular weight excluding hydrogens is 298 g/mol. The van der Waals surface area contributed by atoms with Gasteiger partial charge in [-0.2, -0.15) is 0 Å². The molecule has 0 spiro atoms. The highest BCUT2D eigenvalue weighted by molar-refractivity contribution is 5.74. The van der Waals surface area contributed by atoms with Crippen LogP contribution in [-0.2, 0) is 9.47 Å². The van der Waals surface area contributed by atoms with Crippen LogP contribution in [0.15, 0.2) is 0 Å². The molecular formula is C16H31N3O4. The Morgan fingerprint density at radius 2 is 2.09 bits per heavy atom. The molecule has 0 unspecified atom stereocenters. The van der Waals surface area contributed by atoms with E-state index >= 15 is 0 Å². The second-order valence-electron chi connectivity index (χ2n) is 7.28. The van der Waals surface area contributed by atoms with Crippen molar-refractivity contribution in [2.75, 3.05) is 39.8 Å². The molecule has 1 aliphatic rings. The van der Waals surface area contributed by atoms with Gasteiger partial charge in [0.25, 0.3) is 0 Å². The average Bonchev–Trinajstić information content (AvgIpc) is 2.42. The van der Waals surface area contributed by atoms with E-state index < -0.39 is 5.60 Å². The van der Waals surface area contributed by atoms with Crippen molar-refractivity contribution in [2.45, 2.75) is 46.3 Å². The third kappa shape index (κ3) is 7.54. The number of hydrogen-bond donors (Lipinski definition) is 1. The molecule has 0 aromatic carbocycles. The van der Waals surface area contributed by atoms with E-state index in [1.807, 2.05) is 34.6 Å². The fourth-order valence-electron chi connectivity index (χ4n) is 2.32. The SMILES string of the molecule is C[C@@H](CNC(=O)N1CCO[C@H](C)C1)CN(C)C(=O)OC(C)(C)C. The lowest BCUT2D eigenvalue weighted by molar-refractivity contribution is -0.00364. The summed E-state index contributed by atoms with van der Waals surface area (Å²) in [5, 5.41) is 2.92. The highest BCUT2D eigenvalue weighted by Crippen LogP contribution is 2.10. The summed E-state index contributed by atoms with van der Waals surface area (Å²) in [5.41, 5.74) is -0.504. The first-order valence-electron chi connectivity index (χ1n) is 8.17. The van der Waals surface area contributed by atoms with Crippen LogP contribution in [0.4, 0.5) is 9.59 Å². The van der Waals surface area contributed by atoms with Crippen LogP contribution in [0.1, 0.15) is 34.6 Å². The number of nitrogens with zero attached hydrogens (tertiary/aromatic N) is 2. The quantitative estimate of drug-likeness (QED) is 0.855. The Bertz CT molecular complexity index is 409. The molecule has 1 aliphatic heterocycles. The summed E-state index contributed by atoms with van der Waals surface area (Å²) in [4.78, 5) is 27.3. The van der Waals surface area contributed by atoms with Crippen molar-refractivity contribution >= 4 is 12.1 Å². The molecule has 7 nitrogen and oxygen atoms in total. The van der Waals surface area contributed by atoms with Gasteiger partial charge in [0.15, 0.2) is 0 Å². The molecule has 23 heavy (non-hydrogen) atoms. The minimum atomic E-state index is -0.504. The van der Waals surface area contributed by atoms with E-state index in [0.717, 1.165) is 0 Å². The number of ether oxygens (including phenoxy) is 2. The van der Waals surface area contributed by atoms with E-state index in [9.17, 15) is 9.59 Å². The van der Waals surface area contributed by atoms with Crippen LogP contribution in [0.25, 0.3) is 0 Å². The van der Waals surface area contributed by atoms with Gasteiger partial charge < -0.3 is 24.6 Å². The topological polar surface area (TPSA) is 71.1 Å². The Labute approximate surface area is 139 Å². The van der Waals surface area contributed by atoms with Crippen molar-refractivity contribution in [3.8, 4) is 0 Å². The number of nitrogens with one attached hydrogen (secondary N) is 1. The highest BCUT2D eigenvalue weighted by atomic mass is 16.6. The normalized spacial score (nSPS) is 19.9. The first-order valence-corrected chi connectivity index (χ1v) is 8.17. The van der Waals surface area contributed by atoms with E-state index in [2.05, 4.69) is 5.32 Å². The molecule has 134 valence electrons. The van der Waals surface area contributed by atoms with E-state index in [-0.39, 0.29) is 24.1 Å². The zero-order valence-corrected chi connectivity index (χ0v) is 15.2. The predicted octanol–water partition coefficient (Wildman–Crippen LogP) is 1.92. The van der Waals surface area contributed by atoms with Crippen molar-refractivity contribution < 1.29 is 19.1 Å². The number of carbonyl (C=O) groups is 2. The summed E-state index contributed by atoms with van der Waals surface area (Å²) >= 11 is 0. The number of hydrogen-bond acceptors (Lipinski definition) is 4. The smallest absolute Gasteiger partial charge is 0.410 e. The maximum Gasteiger partial charge on any atom is 0.410 e. The molecule has 7 heteroatoms. The van der Waals surface area contributed by atoms with Crippen molar-refractivity contribution in [3.05, 3.63) is 0 Å². The third-order valence-electron chi connectivity index (χ3n) is 3.42. The molecule has 0 aromatic heterocycles. The van der Waals surface area contributed by atoms with Crippen molar-refractivity contribution in [1.82, 2.24) is 15.1 Å². The zero-order valence-electron chi connectivity index (χ0n) is 15.2. The standard InChI is InChI=1S/C16H31N3O4/c1-12(10-18(6)15(21)23-16(3,4)5)9-17-14(20)19-7-8-22-13(2)11-19/h12-13H,7-11H2,1-6H3,(H,17,20)/t12-,13+/m0/s1. The Kier molecular flexibility index (Phi) is 7.12. The summed E-state index contributed by atoms with van der Waals surface area (Å²) in [6.07, 6.45) is -0.275. The van der Waals surface area contributed by atoms with Gasteiger partial charge >= 0.3 is 12.1 Å². The molecule has 0 radical (unpaired) electrons. The second kappa shape index (κ2) is 8.38. The summed E-state index contributed by atoms with van der Waals surface area (Å²) in [7, 11) is 1.70. The van der Waals surface area contributed by atoms with E-state index in [0.29, 0.717) is 32.8 Å². The molecule has 0 aromatic rings. The highest BCUT2D eigenvalue weighted by Gasteiger charge is 2.23. The van der Waals surface area contributed by atoms with Crippen molar-refractivity contribution in [2.24, 2.45) is 5.92 Å². The third-order valence-corrected chi connectivity index (χ3v) is 3.42. The molecule has 0 saturated carbocycles. The fraction of sp³-hybridized carbons (Fsp3) is 0.875. The van der Waals surface area contributed by atoms with Gasteiger partial charge in [-0.1, -0.05) is 6.92 Å². The van der Waals surface area contributed by atoms with Gasteiger partial charge in [-0.05, 0) is 33.6 Å². The molecule has 2 atom stereocenters. The summed E-state index contributed by atoms with van der Waals surface area (Å²) in [5.74, 6) is 0.134. The van der Waals surface area contributed by atoms with Gasteiger partial charge in [0, 0.05) is 33.2 Å². The molecule has 3 amide bonds. The van der Waals surface area contributed by atoms with Gasteiger partial charge in [-0.25, -0.2) is 9.59 Å². The fourth-order valence-corrected chi connectivity index (χ4v) is 2.32. The van der Waals surface area contributed by atoms with Crippen molar-refractivity contribution in [3.63, 3.8) is 0 Å². The van der Waals surface area contributed by atoms with E-state index in [1.165, 1.54) is 0 Å². The maximum atomic E-state index is 12.1. The molecule has 0 bridgehead atoms. The lowest BCUT2D eigenvalue weighted by Crippen LogP contribution is -2.50. The largest absolute Gasteiger partial charge is 0.444 e. The van der Waals surface area contributed by atoms with Crippen LogP contribution in [0.2, 0.25) is 0 Å². The molecule has 0 aliphatic carbocycles. The molecule has 1 fully saturated rings. The summed E-state index contributed by atoms with van der Waals surface area (Å²) in [6, 6.07) is -0.0769. The van der Waals surface area contributed by atoms with Gasteiger partial charge in [-0.3, -0.25) is 0 Å². The monoisotopic (exact) mass is 329 g/mol. The first kappa shape index (κ1) is 19.5. The Balaban J connectivity index is 2.31. The predicted molar refractivity (Wildman–Crippen MR) is 88.4 cm³/mol. The van der Waals surface area contributed by atoms with Gasteiger partial charge in [-0.15, -0.1) is 0 Å². The number of morpholine rings is 1. The van der Waals surface area contributed by atoms with Crippen molar-refractivity contribution in [1.29, 1.82) is 0 Å². The van der Waals surface area contributed by atoms with Gasteiger partial charge in [0.2, 0.25) is 0 Å². The lowest BCUT2D eigenvalue weighted by Gasteiger charge is -2.31. The van der Waals surface area contributed by atoms with Gasteiger partial charge in [0.05, 0.1) is 12.7 Å². The van der Waals surface area contributed by atoms with Crippen LogP contribution in [0.3, 0.4) is 0 Å². The summed E-state index contributed by atoms with van der Waals surface area (Å²) in [6.45, 7) is 12.3. The zero-order chi connectivity index (χ0) is 17.6. The molecule has 1 N–H and O–H groups in total. The summed E-state index contributed by atoms with van der Waals surface area (Å²) < 4.78 is 10.7. The molecule has 1 rings (SSSR count). The lowest BCUT2D eigenvalue weighted by atomic mass is 10.1. The molecule has 1 saturated heterocycles. The van der Waals surface area contributed by atoms with Gasteiger partial charge in [0.1, 0.15) is 5.60 Å². The van der Waals surface area contributed by atoms with E-state index in [1.54, 1.807) is 16.8 Å². The van der Waals surface area contributed by atoms with E-state index in [4.69, 9.17) is 9.47 Å². The maximum absolute atomic E-state index is 12.1. The van der Waals surface area contributed by atoms with Crippen LogP contribution >= 0.6 is 0 Å².